The van der Waals surface area contributed by atoms with Crippen molar-refractivity contribution in [3.8, 4) is 0 Å². The quantitative estimate of drug-likeness (QED) is 0.189. The van der Waals surface area contributed by atoms with Crippen molar-refractivity contribution in [2.75, 3.05) is 25.0 Å². The highest BCUT2D eigenvalue weighted by Gasteiger charge is 2.44. The van der Waals surface area contributed by atoms with Gasteiger partial charge in [-0.05, 0) is 19.4 Å². The molecule has 1 aliphatic heterocycles. The number of fused-ring (bicyclic) bond motifs is 1. The van der Waals surface area contributed by atoms with Crippen molar-refractivity contribution < 1.29 is 20.1 Å². The number of hydrogen-bond donors (Lipinski definition) is 6. The van der Waals surface area contributed by atoms with E-state index in [2.05, 4.69) is 32.9 Å². The molecular weight excluding hydrogens is 372 g/mol. The fourth-order valence-electron chi connectivity index (χ4n) is 3.10. The van der Waals surface area contributed by atoms with E-state index in [0.717, 1.165) is 25.7 Å². The summed E-state index contributed by atoms with van der Waals surface area (Å²) in [5.41, 5.74) is 6.37. The van der Waals surface area contributed by atoms with Crippen LogP contribution in [0.1, 0.15) is 31.9 Å². The van der Waals surface area contributed by atoms with E-state index in [4.69, 9.17) is 10.5 Å². The maximum Gasteiger partial charge on any atom is 0.225 e. The summed E-state index contributed by atoms with van der Waals surface area (Å²) in [4.78, 5) is 13.0. The molecule has 150 valence electrons. The third-order valence-corrected chi connectivity index (χ3v) is 4.92. The minimum absolute atomic E-state index is 0.398. The van der Waals surface area contributed by atoms with Gasteiger partial charge in [0.25, 0.3) is 0 Å². The van der Waals surface area contributed by atoms with Gasteiger partial charge >= 0.3 is 0 Å². The fraction of sp³-hybridized carbons (Fsp3) is 0.688. The second kappa shape index (κ2) is 9.13. The van der Waals surface area contributed by atoms with E-state index in [1.54, 1.807) is 0 Å². The van der Waals surface area contributed by atoms with Crippen LogP contribution in [0, 0.1) is 0 Å². The second-order valence-electron chi connectivity index (χ2n) is 6.55. The van der Waals surface area contributed by atoms with E-state index >= 15 is 0 Å². The third-order valence-electron chi connectivity index (χ3n) is 4.61. The molecule has 6 N–H and O–H groups in total. The minimum Gasteiger partial charge on any atom is -0.394 e. The molecule has 10 nitrogen and oxygen atoms in total. The summed E-state index contributed by atoms with van der Waals surface area (Å²) in [5, 5.41) is 33.1. The maximum atomic E-state index is 10.3. The number of hydrogen-bond acceptors (Lipinski definition) is 10. The first kappa shape index (κ1) is 20.2. The van der Waals surface area contributed by atoms with Gasteiger partial charge < -0.3 is 31.1 Å². The molecule has 1 aliphatic rings. The van der Waals surface area contributed by atoms with Gasteiger partial charge in [0, 0.05) is 6.54 Å². The summed E-state index contributed by atoms with van der Waals surface area (Å²) < 4.78 is 7.08. The topological polar surface area (TPSA) is 152 Å². The SMILES string of the molecule is NCCCCCCNc1nc(S)c2ncn(C3O[C@H](CO)[C@H](O)C3O)c2n1. The molecule has 3 heterocycles. The monoisotopic (exact) mass is 398 g/mol. The van der Waals surface area contributed by atoms with Crippen molar-refractivity contribution in [3.05, 3.63) is 6.33 Å². The predicted octanol–water partition coefficient (Wildman–Crippen LogP) is -0.343. The number of thiol groups is 1. The molecule has 0 spiro atoms. The van der Waals surface area contributed by atoms with Crippen molar-refractivity contribution in [2.24, 2.45) is 5.73 Å². The predicted molar refractivity (Wildman–Crippen MR) is 102 cm³/mol. The van der Waals surface area contributed by atoms with Gasteiger partial charge in [0.2, 0.25) is 5.95 Å². The molecule has 1 saturated heterocycles. The van der Waals surface area contributed by atoms with E-state index < -0.39 is 31.1 Å². The van der Waals surface area contributed by atoms with Gasteiger partial charge in [-0.2, -0.15) is 4.98 Å². The molecule has 4 atom stereocenters. The highest BCUT2D eigenvalue weighted by Crippen LogP contribution is 2.32. The van der Waals surface area contributed by atoms with E-state index in [9.17, 15) is 15.3 Å². The van der Waals surface area contributed by atoms with Crippen molar-refractivity contribution in [2.45, 2.75) is 55.2 Å². The van der Waals surface area contributed by atoms with Crippen molar-refractivity contribution >= 4 is 29.7 Å². The van der Waals surface area contributed by atoms with Crippen molar-refractivity contribution in [1.29, 1.82) is 0 Å². The lowest BCUT2D eigenvalue weighted by Gasteiger charge is -2.16. The molecule has 2 aromatic heterocycles. The highest BCUT2D eigenvalue weighted by molar-refractivity contribution is 7.80. The number of nitrogens with two attached hydrogens (primary N) is 1. The lowest BCUT2D eigenvalue weighted by Crippen LogP contribution is -2.33. The Labute approximate surface area is 162 Å². The molecule has 2 aromatic rings. The minimum atomic E-state index is -1.21. The van der Waals surface area contributed by atoms with Crippen LogP contribution in [-0.2, 0) is 4.74 Å². The third kappa shape index (κ3) is 4.33. The normalized spacial score (nSPS) is 25.4. The van der Waals surface area contributed by atoms with Crippen LogP contribution < -0.4 is 11.1 Å². The Morgan fingerprint density at radius 2 is 1.96 bits per heavy atom. The fourth-order valence-corrected chi connectivity index (χ4v) is 3.35. The number of rotatable bonds is 9. The number of aliphatic hydroxyl groups is 3. The van der Waals surface area contributed by atoms with Crippen LogP contribution in [0.4, 0.5) is 5.95 Å². The summed E-state index contributed by atoms with van der Waals surface area (Å²) >= 11 is 4.37. The van der Waals surface area contributed by atoms with Gasteiger partial charge in [-0.3, -0.25) is 4.57 Å². The summed E-state index contributed by atoms with van der Waals surface area (Å²) in [6, 6.07) is 0. The van der Waals surface area contributed by atoms with Crippen LogP contribution in [0.15, 0.2) is 11.4 Å². The molecule has 27 heavy (non-hydrogen) atoms. The molecule has 0 amide bonds. The zero-order valence-electron chi connectivity index (χ0n) is 14.9. The number of anilines is 1. The number of aliphatic hydroxyl groups excluding tert-OH is 3. The van der Waals surface area contributed by atoms with Crippen LogP contribution in [0.5, 0.6) is 0 Å². The second-order valence-corrected chi connectivity index (χ2v) is 6.98. The Bertz CT molecular complexity index is 760. The zero-order chi connectivity index (χ0) is 19.4. The van der Waals surface area contributed by atoms with E-state index in [0.29, 0.717) is 35.2 Å². The van der Waals surface area contributed by atoms with Gasteiger partial charge in [-0.25, -0.2) is 9.97 Å². The van der Waals surface area contributed by atoms with Crippen LogP contribution in [0.25, 0.3) is 11.2 Å². The number of ether oxygens (including phenoxy) is 1. The number of unbranched alkanes of at least 4 members (excludes halogenated alkanes) is 3. The Hall–Kier alpha value is -1.50. The molecule has 2 unspecified atom stereocenters. The van der Waals surface area contributed by atoms with E-state index in [1.165, 1.54) is 10.9 Å². The van der Waals surface area contributed by atoms with Crippen molar-refractivity contribution in [3.63, 3.8) is 0 Å². The summed E-state index contributed by atoms with van der Waals surface area (Å²) in [5.74, 6) is 0.403. The van der Waals surface area contributed by atoms with Crippen LogP contribution in [-0.4, -0.2) is 72.8 Å². The molecule has 0 aliphatic carbocycles. The lowest BCUT2D eigenvalue weighted by molar-refractivity contribution is -0.0511. The Balaban J connectivity index is 1.75. The molecule has 0 bridgehead atoms. The largest absolute Gasteiger partial charge is 0.394 e. The van der Waals surface area contributed by atoms with E-state index in [1.807, 2.05) is 0 Å². The van der Waals surface area contributed by atoms with Crippen LogP contribution in [0.2, 0.25) is 0 Å². The van der Waals surface area contributed by atoms with E-state index in [-0.39, 0.29) is 0 Å². The number of nitrogens with zero attached hydrogens (tertiary/aromatic N) is 4. The van der Waals surface area contributed by atoms with Gasteiger partial charge in [-0.15, -0.1) is 12.6 Å². The molecule has 1 fully saturated rings. The molecule has 3 rings (SSSR count). The van der Waals surface area contributed by atoms with Gasteiger partial charge in [-0.1, -0.05) is 12.8 Å². The van der Waals surface area contributed by atoms with Gasteiger partial charge in [0.15, 0.2) is 11.9 Å². The van der Waals surface area contributed by atoms with Crippen LogP contribution >= 0.6 is 12.6 Å². The molecule has 0 saturated carbocycles. The Morgan fingerprint density at radius 1 is 1.19 bits per heavy atom. The average molecular weight is 398 g/mol. The summed E-state index contributed by atoms with van der Waals surface area (Å²) in [6.45, 7) is 1.03. The first-order valence-electron chi connectivity index (χ1n) is 9.06. The van der Waals surface area contributed by atoms with Gasteiger partial charge in [0.1, 0.15) is 28.9 Å². The Morgan fingerprint density at radius 3 is 2.67 bits per heavy atom. The van der Waals surface area contributed by atoms with Gasteiger partial charge in [0.05, 0.1) is 12.9 Å². The highest BCUT2D eigenvalue weighted by atomic mass is 32.1. The smallest absolute Gasteiger partial charge is 0.225 e. The first-order valence-corrected chi connectivity index (χ1v) is 9.51. The molecule has 0 radical (unpaired) electrons. The molecule has 11 heteroatoms. The number of nitrogens with one attached hydrogen (secondary N) is 1. The molecular formula is C16H26N6O4S. The summed E-state index contributed by atoms with van der Waals surface area (Å²) in [7, 11) is 0. The number of imidazole rings is 1. The standard InChI is InChI=1S/C16H26N6O4S/c17-5-3-1-2-4-6-18-16-20-13-10(14(27)21-16)19-8-22(13)15-12(25)11(24)9(7-23)26-15/h8-9,11-12,15,23-25H,1-7,17H2,(H2,18,20,21,27)/t9-,11+,12?,15?/m1/s1. The number of aromatic nitrogens is 4. The zero-order valence-corrected chi connectivity index (χ0v) is 15.8. The lowest BCUT2D eigenvalue weighted by atomic mass is 10.1. The average Bonchev–Trinajstić information content (AvgIpc) is 3.20. The van der Waals surface area contributed by atoms with Crippen molar-refractivity contribution in [1.82, 2.24) is 19.5 Å². The summed E-state index contributed by atoms with van der Waals surface area (Å²) in [6.07, 6.45) is 1.42. The van der Waals surface area contributed by atoms with Crippen LogP contribution in [0.3, 0.4) is 0 Å². The maximum absolute atomic E-state index is 10.3. The Kier molecular flexibility index (Phi) is 6.84. The first-order chi connectivity index (χ1) is 13.1. The molecule has 0 aromatic carbocycles.